The summed E-state index contributed by atoms with van der Waals surface area (Å²) in [4.78, 5) is 12.3. The number of nitrogens with one attached hydrogen (secondary N) is 2. The molecule has 4 nitrogen and oxygen atoms in total. The Bertz CT molecular complexity index is 602. The van der Waals surface area contributed by atoms with Gasteiger partial charge in [0.05, 0.1) is 12.1 Å². The van der Waals surface area contributed by atoms with Gasteiger partial charge in [-0.1, -0.05) is 25.1 Å². The number of amides is 1. The molecule has 1 saturated heterocycles. The van der Waals surface area contributed by atoms with Gasteiger partial charge >= 0.3 is 0 Å². The van der Waals surface area contributed by atoms with Crippen molar-refractivity contribution in [2.45, 2.75) is 38.8 Å². The molecule has 2 N–H and O–H groups in total. The summed E-state index contributed by atoms with van der Waals surface area (Å²) in [6.45, 7) is 5.07. The number of furan rings is 1. The van der Waals surface area contributed by atoms with Gasteiger partial charge in [-0.3, -0.25) is 4.79 Å². The summed E-state index contributed by atoms with van der Waals surface area (Å²) in [7, 11) is 0. The second-order valence-electron chi connectivity index (χ2n) is 6.05. The summed E-state index contributed by atoms with van der Waals surface area (Å²) in [5.74, 6) is 1.46. The lowest BCUT2D eigenvalue weighted by molar-refractivity contribution is -0.124. The highest BCUT2D eigenvalue weighted by molar-refractivity contribution is 5.82. The second-order valence-corrected chi connectivity index (χ2v) is 6.05. The fraction of sp³-hybridized carbons (Fsp3) is 0.471. The molecule has 1 aliphatic rings. The molecule has 112 valence electrons. The smallest absolute Gasteiger partial charge is 0.237 e. The molecule has 1 aliphatic heterocycles. The predicted octanol–water partition coefficient (Wildman–Crippen LogP) is 3.00. The Morgan fingerprint density at radius 2 is 2.24 bits per heavy atom. The molecule has 0 saturated carbocycles. The van der Waals surface area contributed by atoms with E-state index >= 15 is 0 Å². The zero-order valence-electron chi connectivity index (χ0n) is 12.6. The van der Waals surface area contributed by atoms with Crippen molar-refractivity contribution < 1.29 is 9.21 Å². The highest BCUT2D eigenvalue weighted by Crippen LogP contribution is 2.24. The van der Waals surface area contributed by atoms with Gasteiger partial charge in [-0.15, -0.1) is 0 Å². The van der Waals surface area contributed by atoms with Crippen LogP contribution in [0.15, 0.2) is 34.7 Å². The van der Waals surface area contributed by atoms with Crippen molar-refractivity contribution in [2.24, 2.45) is 5.92 Å². The van der Waals surface area contributed by atoms with Crippen LogP contribution in [0.5, 0.6) is 0 Å². The maximum Gasteiger partial charge on any atom is 0.237 e. The van der Waals surface area contributed by atoms with Crippen LogP contribution in [0.3, 0.4) is 0 Å². The molecule has 3 unspecified atom stereocenters. The first-order valence-corrected chi connectivity index (χ1v) is 7.65. The molecule has 2 heterocycles. The Morgan fingerprint density at radius 3 is 3.00 bits per heavy atom. The molecule has 0 bridgehead atoms. The number of hydrogen-bond acceptors (Lipinski definition) is 3. The van der Waals surface area contributed by atoms with Gasteiger partial charge in [0.2, 0.25) is 5.91 Å². The number of carbonyl (C=O) groups excluding carboxylic acids is 1. The summed E-state index contributed by atoms with van der Waals surface area (Å²) >= 11 is 0. The van der Waals surface area contributed by atoms with E-state index in [1.807, 2.05) is 37.3 Å². The van der Waals surface area contributed by atoms with E-state index in [1.54, 1.807) is 0 Å². The molecule has 0 aliphatic carbocycles. The molecule has 1 aromatic heterocycles. The summed E-state index contributed by atoms with van der Waals surface area (Å²) in [5, 5.41) is 7.41. The third kappa shape index (κ3) is 3.10. The largest absolute Gasteiger partial charge is 0.459 e. The molecular weight excluding hydrogens is 264 g/mol. The van der Waals surface area contributed by atoms with Crippen LogP contribution >= 0.6 is 0 Å². The highest BCUT2D eigenvalue weighted by Gasteiger charge is 2.26. The maximum absolute atomic E-state index is 12.3. The van der Waals surface area contributed by atoms with Gasteiger partial charge in [-0.25, -0.2) is 0 Å². The van der Waals surface area contributed by atoms with Crippen molar-refractivity contribution in [1.29, 1.82) is 0 Å². The Hall–Kier alpha value is -1.81. The normalized spacial score (nSPS) is 23.9. The molecule has 3 atom stereocenters. The fourth-order valence-corrected chi connectivity index (χ4v) is 2.91. The molecule has 3 rings (SSSR count). The molecule has 4 heteroatoms. The van der Waals surface area contributed by atoms with E-state index in [4.69, 9.17) is 4.42 Å². The minimum atomic E-state index is -0.121. The number of piperidine rings is 1. The van der Waals surface area contributed by atoms with Gasteiger partial charge in [0.25, 0.3) is 0 Å². The predicted molar refractivity (Wildman–Crippen MR) is 83.0 cm³/mol. The Balaban J connectivity index is 1.67. The molecule has 21 heavy (non-hydrogen) atoms. The lowest BCUT2D eigenvalue weighted by Gasteiger charge is -2.28. The summed E-state index contributed by atoms with van der Waals surface area (Å²) < 4.78 is 5.80. The molecule has 0 radical (unpaired) electrons. The standard InChI is InChI=1S/C17H22N2O2/c1-11-7-8-18-14(9-11)17(20)19-12(2)16-10-13-5-3-4-6-15(13)21-16/h3-6,10-12,14,18H,7-9H2,1-2H3,(H,19,20). The third-order valence-electron chi connectivity index (χ3n) is 4.21. The molecule has 0 spiro atoms. The highest BCUT2D eigenvalue weighted by atomic mass is 16.3. The van der Waals surface area contributed by atoms with Crippen molar-refractivity contribution in [3.63, 3.8) is 0 Å². The van der Waals surface area contributed by atoms with E-state index in [1.165, 1.54) is 0 Å². The van der Waals surface area contributed by atoms with Gasteiger partial charge in [0, 0.05) is 5.39 Å². The molecule has 1 fully saturated rings. The molecule has 1 amide bonds. The first-order chi connectivity index (χ1) is 10.1. The van der Waals surface area contributed by atoms with Crippen LogP contribution in [0.4, 0.5) is 0 Å². The van der Waals surface area contributed by atoms with E-state index in [9.17, 15) is 4.79 Å². The average molecular weight is 286 g/mol. The van der Waals surface area contributed by atoms with E-state index in [-0.39, 0.29) is 18.0 Å². The van der Waals surface area contributed by atoms with E-state index in [0.717, 1.165) is 36.1 Å². The minimum absolute atomic E-state index is 0.0644. The second kappa shape index (κ2) is 5.90. The number of fused-ring (bicyclic) bond motifs is 1. The Kier molecular flexibility index (Phi) is 3.97. The van der Waals surface area contributed by atoms with Gasteiger partial charge in [0.1, 0.15) is 11.3 Å². The number of rotatable bonds is 3. The molecular formula is C17H22N2O2. The lowest BCUT2D eigenvalue weighted by atomic mass is 9.94. The molecule has 1 aromatic carbocycles. The minimum Gasteiger partial charge on any atom is -0.459 e. The van der Waals surface area contributed by atoms with Crippen molar-refractivity contribution >= 4 is 16.9 Å². The van der Waals surface area contributed by atoms with Crippen molar-refractivity contribution in [3.8, 4) is 0 Å². The van der Waals surface area contributed by atoms with Gasteiger partial charge in [-0.05, 0) is 44.4 Å². The van der Waals surface area contributed by atoms with Crippen LogP contribution in [0, 0.1) is 5.92 Å². The maximum atomic E-state index is 12.3. The van der Waals surface area contributed by atoms with Crippen LogP contribution in [-0.2, 0) is 4.79 Å². The fourth-order valence-electron chi connectivity index (χ4n) is 2.91. The van der Waals surface area contributed by atoms with Crippen LogP contribution in [-0.4, -0.2) is 18.5 Å². The zero-order valence-corrected chi connectivity index (χ0v) is 12.6. The van der Waals surface area contributed by atoms with Crippen molar-refractivity contribution in [1.82, 2.24) is 10.6 Å². The first-order valence-electron chi connectivity index (χ1n) is 7.65. The van der Waals surface area contributed by atoms with Crippen LogP contribution in [0.25, 0.3) is 11.0 Å². The van der Waals surface area contributed by atoms with Gasteiger partial charge < -0.3 is 15.1 Å². The zero-order chi connectivity index (χ0) is 14.8. The van der Waals surface area contributed by atoms with Crippen LogP contribution < -0.4 is 10.6 Å². The third-order valence-corrected chi connectivity index (χ3v) is 4.21. The van der Waals surface area contributed by atoms with Crippen LogP contribution in [0.2, 0.25) is 0 Å². The van der Waals surface area contributed by atoms with E-state index in [0.29, 0.717) is 5.92 Å². The topological polar surface area (TPSA) is 54.3 Å². The van der Waals surface area contributed by atoms with Gasteiger partial charge in [-0.2, -0.15) is 0 Å². The number of carbonyl (C=O) groups is 1. The summed E-state index contributed by atoms with van der Waals surface area (Å²) in [6.07, 6.45) is 2.04. The monoisotopic (exact) mass is 286 g/mol. The Morgan fingerprint density at radius 1 is 1.43 bits per heavy atom. The molecule has 2 aromatic rings. The van der Waals surface area contributed by atoms with E-state index < -0.39 is 0 Å². The average Bonchev–Trinajstić information content (AvgIpc) is 2.91. The lowest BCUT2D eigenvalue weighted by Crippen LogP contribution is -2.48. The van der Waals surface area contributed by atoms with Crippen LogP contribution in [0.1, 0.15) is 38.5 Å². The number of benzene rings is 1. The quantitative estimate of drug-likeness (QED) is 0.912. The summed E-state index contributed by atoms with van der Waals surface area (Å²) in [6, 6.07) is 9.69. The number of para-hydroxylation sites is 1. The SMILES string of the molecule is CC1CCNC(C(=O)NC(C)c2cc3ccccc3o2)C1. The van der Waals surface area contributed by atoms with Crippen molar-refractivity contribution in [2.75, 3.05) is 6.54 Å². The number of hydrogen-bond donors (Lipinski definition) is 2. The first kappa shape index (κ1) is 14.1. The van der Waals surface area contributed by atoms with Gasteiger partial charge in [0.15, 0.2) is 0 Å². The van der Waals surface area contributed by atoms with E-state index in [2.05, 4.69) is 17.6 Å². The summed E-state index contributed by atoms with van der Waals surface area (Å²) in [5.41, 5.74) is 0.859. The van der Waals surface area contributed by atoms with Crippen molar-refractivity contribution in [3.05, 3.63) is 36.1 Å². The Labute approximate surface area is 124 Å².